The van der Waals surface area contributed by atoms with Crippen molar-refractivity contribution in [2.75, 3.05) is 20.2 Å². The first-order chi connectivity index (χ1) is 22.7. The SMILES string of the molecule is COc1ccc(CNC(=O)N(C(C)C)N2CC(=O)N([C@H](C)Cc3ccc(O)cc3)[C@@H]2CN(C=O)Cc2cccc3ccccc23)cc1. The summed E-state index contributed by atoms with van der Waals surface area (Å²) in [5.74, 6) is 0.768. The Hall–Kier alpha value is -5.09. The molecule has 0 saturated carbocycles. The van der Waals surface area contributed by atoms with Gasteiger partial charge < -0.3 is 25.0 Å². The van der Waals surface area contributed by atoms with Gasteiger partial charge in [0.15, 0.2) is 0 Å². The first-order valence-corrected chi connectivity index (χ1v) is 15.9. The summed E-state index contributed by atoms with van der Waals surface area (Å²) in [6.45, 7) is 6.60. The molecule has 0 spiro atoms. The van der Waals surface area contributed by atoms with Crippen molar-refractivity contribution >= 4 is 29.1 Å². The molecule has 2 N–H and O–H groups in total. The van der Waals surface area contributed by atoms with Gasteiger partial charge in [-0.1, -0.05) is 66.7 Å². The lowest BCUT2D eigenvalue weighted by atomic mass is 10.0. The number of nitrogens with one attached hydrogen (secondary N) is 1. The number of fused-ring (bicyclic) bond motifs is 1. The van der Waals surface area contributed by atoms with E-state index in [2.05, 4.69) is 5.32 Å². The van der Waals surface area contributed by atoms with E-state index in [-0.39, 0.29) is 42.9 Å². The van der Waals surface area contributed by atoms with Crippen molar-refractivity contribution in [3.05, 3.63) is 108 Å². The van der Waals surface area contributed by atoms with Crippen molar-refractivity contribution in [2.24, 2.45) is 0 Å². The maximum Gasteiger partial charge on any atom is 0.332 e. The smallest absolute Gasteiger partial charge is 0.332 e. The Morgan fingerprint density at radius 1 is 0.979 bits per heavy atom. The van der Waals surface area contributed by atoms with Crippen LogP contribution in [0.2, 0.25) is 0 Å². The molecule has 5 rings (SSSR count). The van der Waals surface area contributed by atoms with Crippen LogP contribution in [0.3, 0.4) is 0 Å². The number of urea groups is 1. The highest BCUT2D eigenvalue weighted by Gasteiger charge is 2.45. The fourth-order valence-corrected chi connectivity index (χ4v) is 6.30. The third kappa shape index (κ3) is 7.84. The number of hydrazine groups is 1. The molecule has 0 aliphatic carbocycles. The number of nitrogens with zero attached hydrogens (tertiary/aromatic N) is 4. The number of benzene rings is 4. The number of phenolic OH excluding ortho intramolecular Hbond substituents is 1. The Kier molecular flexibility index (Phi) is 10.6. The van der Waals surface area contributed by atoms with E-state index in [0.29, 0.717) is 19.5 Å². The lowest BCUT2D eigenvalue weighted by Crippen LogP contribution is -2.60. The highest BCUT2D eigenvalue weighted by molar-refractivity contribution is 5.86. The topological polar surface area (TPSA) is 106 Å². The second kappa shape index (κ2) is 15.0. The minimum absolute atomic E-state index is 0.0142. The van der Waals surface area contributed by atoms with E-state index in [4.69, 9.17) is 4.74 Å². The maximum atomic E-state index is 13.8. The number of hydrogen-bond acceptors (Lipinski definition) is 6. The summed E-state index contributed by atoms with van der Waals surface area (Å²) >= 11 is 0. The van der Waals surface area contributed by atoms with Crippen LogP contribution in [0, 0.1) is 0 Å². The van der Waals surface area contributed by atoms with Gasteiger partial charge in [0.25, 0.3) is 0 Å². The van der Waals surface area contributed by atoms with Gasteiger partial charge in [-0.05, 0) is 78.9 Å². The van der Waals surface area contributed by atoms with Crippen LogP contribution < -0.4 is 10.1 Å². The second-order valence-electron chi connectivity index (χ2n) is 12.2. The molecule has 0 radical (unpaired) electrons. The molecule has 4 aromatic rings. The number of carbonyl (C=O) groups excluding carboxylic acids is 3. The van der Waals surface area contributed by atoms with Crippen LogP contribution in [-0.4, -0.2) is 81.7 Å². The van der Waals surface area contributed by atoms with E-state index in [0.717, 1.165) is 39.6 Å². The predicted molar refractivity (Wildman–Crippen MR) is 181 cm³/mol. The fraction of sp³-hybridized carbons (Fsp3) is 0.324. The highest BCUT2D eigenvalue weighted by Crippen LogP contribution is 2.27. The number of phenols is 1. The first kappa shape index (κ1) is 33.3. The van der Waals surface area contributed by atoms with E-state index in [1.807, 2.05) is 99.6 Å². The molecule has 246 valence electrons. The van der Waals surface area contributed by atoms with Gasteiger partial charge in [0.2, 0.25) is 12.3 Å². The second-order valence-corrected chi connectivity index (χ2v) is 12.2. The zero-order valence-electron chi connectivity index (χ0n) is 27.4. The Labute approximate surface area is 276 Å². The highest BCUT2D eigenvalue weighted by atomic mass is 16.5. The van der Waals surface area contributed by atoms with Crippen molar-refractivity contribution < 1.29 is 24.2 Å². The number of methoxy groups -OCH3 is 1. The van der Waals surface area contributed by atoms with Gasteiger partial charge >= 0.3 is 6.03 Å². The number of ether oxygens (including phenoxy) is 1. The van der Waals surface area contributed by atoms with Crippen LogP contribution in [0.15, 0.2) is 91.0 Å². The maximum absolute atomic E-state index is 13.8. The molecule has 1 fully saturated rings. The number of amides is 4. The number of hydrogen-bond donors (Lipinski definition) is 2. The van der Waals surface area contributed by atoms with Gasteiger partial charge in [-0.3, -0.25) is 14.6 Å². The molecule has 1 saturated heterocycles. The quantitative estimate of drug-likeness (QED) is 0.197. The largest absolute Gasteiger partial charge is 0.508 e. The lowest BCUT2D eigenvalue weighted by molar-refractivity contribution is -0.132. The van der Waals surface area contributed by atoms with Crippen LogP contribution in [0.25, 0.3) is 10.8 Å². The summed E-state index contributed by atoms with van der Waals surface area (Å²) in [7, 11) is 1.60. The standard InChI is InChI=1S/C37H43N5O5/c1-26(2)42(37(46)38-21-29-14-18-33(47-4)19-15-29)40-24-36(45)41(27(3)20-28-12-16-32(44)17-13-28)35(40)23-39(25-43)22-31-10-7-9-30-8-5-6-11-34(30)31/h5-19,25-27,35,44H,20-24H2,1-4H3,(H,38,46)/t27-,35-/m1/s1. The molecule has 1 aliphatic rings. The third-order valence-electron chi connectivity index (χ3n) is 8.57. The van der Waals surface area contributed by atoms with Crippen molar-refractivity contribution in [3.8, 4) is 11.5 Å². The van der Waals surface area contributed by atoms with Gasteiger partial charge in [-0.15, -0.1) is 0 Å². The first-order valence-electron chi connectivity index (χ1n) is 15.9. The Balaban J connectivity index is 1.42. The van der Waals surface area contributed by atoms with Crippen molar-refractivity contribution in [1.29, 1.82) is 0 Å². The van der Waals surface area contributed by atoms with Gasteiger partial charge in [0.1, 0.15) is 17.7 Å². The Morgan fingerprint density at radius 2 is 1.66 bits per heavy atom. The normalized spacial score (nSPS) is 15.6. The molecule has 4 amide bonds. The average molecular weight is 638 g/mol. The van der Waals surface area contributed by atoms with Crippen molar-refractivity contribution in [3.63, 3.8) is 0 Å². The predicted octanol–water partition coefficient (Wildman–Crippen LogP) is 5.15. The molecule has 0 unspecified atom stereocenters. The minimum atomic E-state index is -0.607. The molecule has 10 nitrogen and oxygen atoms in total. The minimum Gasteiger partial charge on any atom is -0.508 e. The molecule has 4 aromatic carbocycles. The van der Waals surface area contributed by atoms with E-state index in [1.165, 1.54) is 0 Å². The van der Waals surface area contributed by atoms with Crippen molar-refractivity contribution in [1.82, 2.24) is 25.1 Å². The lowest BCUT2D eigenvalue weighted by Gasteiger charge is -2.42. The van der Waals surface area contributed by atoms with Crippen LogP contribution >= 0.6 is 0 Å². The summed E-state index contributed by atoms with van der Waals surface area (Å²) in [5, 5.41) is 18.3. The Morgan fingerprint density at radius 3 is 2.34 bits per heavy atom. The summed E-state index contributed by atoms with van der Waals surface area (Å²) in [6, 6.07) is 27.6. The molecule has 1 aliphatic heterocycles. The molecule has 0 aromatic heterocycles. The molecule has 1 heterocycles. The van der Waals surface area contributed by atoms with Crippen LogP contribution in [-0.2, 0) is 29.1 Å². The number of carbonyl (C=O) groups is 3. The van der Waals surface area contributed by atoms with E-state index in [1.54, 1.807) is 39.1 Å². The van der Waals surface area contributed by atoms with E-state index >= 15 is 0 Å². The third-order valence-corrected chi connectivity index (χ3v) is 8.57. The zero-order chi connectivity index (χ0) is 33.5. The molecular weight excluding hydrogens is 594 g/mol. The number of aromatic hydroxyl groups is 1. The summed E-state index contributed by atoms with van der Waals surface area (Å²) < 4.78 is 5.25. The average Bonchev–Trinajstić information content (AvgIpc) is 3.39. The van der Waals surface area contributed by atoms with Gasteiger partial charge in [-0.2, -0.15) is 5.01 Å². The zero-order valence-corrected chi connectivity index (χ0v) is 27.4. The van der Waals surface area contributed by atoms with Crippen LogP contribution in [0.4, 0.5) is 4.79 Å². The van der Waals surface area contributed by atoms with Gasteiger partial charge in [-0.25, -0.2) is 4.79 Å². The molecule has 47 heavy (non-hydrogen) atoms. The van der Waals surface area contributed by atoms with Crippen molar-refractivity contribution in [2.45, 2.75) is 58.5 Å². The summed E-state index contributed by atoms with van der Waals surface area (Å²) in [6.07, 6.45) is 0.741. The summed E-state index contributed by atoms with van der Waals surface area (Å²) in [5.41, 5.74) is 2.86. The van der Waals surface area contributed by atoms with Gasteiger partial charge in [0.05, 0.1) is 20.2 Å². The van der Waals surface area contributed by atoms with Gasteiger partial charge in [0, 0.05) is 25.2 Å². The fourth-order valence-electron chi connectivity index (χ4n) is 6.30. The Bertz CT molecular complexity index is 1670. The molecule has 2 atom stereocenters. The summed E-state index contributed by atoms with van der Waals surface area (Å²) in [4.78, 5) is 43.8. The monoisotopic (exact) mass is 637 g/mol. The van der Waals surface area contributed by atoms with Crippen LogP contribution in [0.5, 0.6) is 11.5 Å². The number of rotatable bonds is 13. The van der Waals surface area contributed by atoms with E-state index in [9.17, 15) is 19.5 Å². The molecule has 0 bridgehead atoms. The van der Waals surface area contributed by atoms with Crippen LogP contribution in [0.1, 0.15) is 37.5 Å². The van der Waals surface area contributed by atoms with E-state index < -0.39 is 6.17 Å². The molecular formula is C37H43N5O5. The molecule has 10 heteroatoms.